The summed E-state index contributed by atoms with van der Waals surface area (Å²) in [4.78, 5) is 3.59. The van der Waals surface area contributed by atoms with Crippen molar-refractivity contribution in [3.8, 4) is 17.0 Å². The fraction of sp³-hybridized carbons (Fsp3) is 0.154. The summed E-state index contributed by atoms with van der Waals surface area (Å²) in [7, 11) is 1.33. The Bertz CT molecular complexity index is 666. The Kier molecular flexibility index (Phi) is 4.56. The molecule has 0 saturated carbocycles. The van der Waals surface area contributed by atoms with Gasteiger partial charge in [-0.15, -0.1) is 0 Å². The van der Waals surface area contributed by atoms with Crippen molar-refractivity contribution < 1.29 is 17.9 Å². The van der Waals surface area contributed by atoms with Gasteiger partial charge in [0.1, 0.15) is 17.1 Å². The van der Waals surface area contributed by atoms with E-state index in [1.165, 1.54) is 25.3 Å². The van der Waals surface area contributed by atoms with Crippen LogP contribution in [0.4, 0.5) is 13.2 Å². The number of halogens is 6. The van der Waals surface area contributed by atoms with Crippen molar-refractivity contribution in [2.24, 2.45) is 0 Å². The summed E-state index contributed by atoms with van der Waals surface area (Å²) in [5, 5.41) is 0.342. The van der Waals surface area contributed by atoms with Crippen LogP contribution in [0.2, 0.25) is 15.1 Å². The van der Waals surface area contributed by atoms with Gasteiger partial charge in [-0.25, -0.2) is 4.98 Å². The molecule has 0 amide bonds. The largest absolute Gasteiger partial charge is 0.494 e. The molecule has 21 heavy (non-hydrogen) atoms. The standard InChI is InChI=1S/C13H7Cl3F3NO/c1-21-9-2-3-10(13(17,18)19)20-12(9)6-4-7(14)11(16)8(15)5-6/h2-5H,1H3. The third kappa shape index (κ3) is 3.36. The van der Waals surface area contributed by atoms with Crippen LogP contribution in [0, 0.1) is 0 Å². The summed E-state index contributed by atoms with van der Waals surface area (Å²) >= 11 is 17.6. The normalized spacial score (nSPS) is 11.6. The molecule has 0 aliphatic heterocycles. The van der Waals surface area contributed by atoms with Crippen LogP contribution in [0.3, 0.4) is 0 Å². The Morgan fingerprint density at radius 2 is 1.62 bits per heavy atom. The Morgan fingerprint density at radius 3 is 2.10 bits per heavy atom. The Labute approximate surface area is 133 Å². The van der Waals surface area contributed by atoms with Crippen molar-refractivity contribution >= 4 is 34.8 Å². The Hall–Kier alpha value is -1.17. The monoisotopic (exact) mass is 355 g/mol. The zero-order chi connectivity index (χ0) is 15.8. The fourth-order valence-electron chi connectivity index (χ4n) is 1.67. The molecule has 112 valence electrons. The number of pyridine rings is 1. The highest BCUT2D eigenvalue weighted by atomic mass is 35.5. The lowest BCUT2D eigenvalue weighted by atomic mass is 10.1. The molecule has 0 saturated heterocycles. The average Bonchev–Trinajstić information content (AvgIpc) is 2.42. The molecule has 0 unspecified atom stereocenters. The molecule has 0 radical (unpaired) electrons. The molecule has 2 nitrogen and oxygen atoms in total. The number of benzene rings is 1. The molecule has 1 aromatic carbocycles. The summed E-state index contributed by atoms with van der Waals surface area (Å²) in [6.07, 6.45) is -4.57. The lowest BCUT2D eigenvalue weighted by Crippen LogP contribution is -2.09. The van der Waals surface area contributed by atoms with Gasteiger partial charge in [-0.1, -0.05) is 34.8 Å². The summed E-state index contributed by atoms with van der Waals surface area (Å²) in [5.74, 6) is 0.164. The summed E-state index contributed by atoms with van der Waals surface area (Å²) in [6, 6.07) is 4.77. The second kappa shape index (κ2) is 5.91. The number of aromatic nitrogens is 1. The average molecular weight is 357 g/mol. The SMILES string of the molecule is COc1ccc(C(F)(F)F)nc1-c1cc(Cl)c(Cl)c(Cl)c1. The second-order valence-electron chi connectivity index (χ2n) is 4.00. The van der Waals surface area contributed by atoms with Crippen molar-refractivity contribution in [3.63, 3.8) is 0 Å². The van der Waals surface area contributed by atoms with Crippen LogP contribution in [0.1, 0.15) is 5.69 Å². The van der Waals surface area contributed by atoms with Crippen molar-refractivity contribution in [2.45, 2.75) is 6.18 Å². The number of ether oxygens (including phenoxy) is 1. The van der Waals surface area contributed by atoms with E-state index in [1.54, 1.807) is 0 Å². The summed E-state index contributed by atoms with van der Waals surface area (Å²) in [5.41, 5.74) is -0.786. The van der Waals surface area contributed by atoms with Crippen LogP contribution in [-0.4, -0.2) is 12.1 Å². The molecule has 0 fully saturated rings. The summed E-state index contributed by atoms with van der Waals surface area (Å²) in [6.45, 7) is 0. The number of alkyl halides is 3. The van der Waals surface area contributed by atoms with Gasteiger partial charge >= 0.3 is 6.18 Å². The van der Waals surface area contributed by atoms with E-state index in [-0.39, 0.29) is 32.1 Å². The van der Waals surface area contributed by atoms with Crippen molar-refractivity contribution in [1.29, 1.82) is 0 Å². The molecule has 1 heterocycles. The van der Waals surface area contributed by atoms with Crippen LogP contribution < -0.4 is 4.74 Å². The molecule has 0 aliphatic rings. The van der Waals surface area contributed by atoms with Crippen LogP contribution in [0.25, 0.3) is 11.3 Å². The predicted octanol–water partition coefficient (Wildman–Crippen LogP) is 5.74. The number of rotatable bonds is 2. The lowest BCUT2D eigenvalue weighted by molar-refractivity contribution is -0.141. The molecule has 0 N–H and O–H groups in total. The van der Waals surface area contributed by atoms with Crippen LogP contribution >= 0.6 is 34.8 Å². The molecule has 2 aromatic rings. The molecular formula is C13H7Cl3F3NO. The van der Waals surface area contributed by atoms with Crippen molar-refractivity contribution in [2.75, 3.05) is 7.11 Å². The van der Waals surface area contributed by atoms with Crippen LogP contribution in [0.15, 0.2) is 24.3 Å². The predicted molar refractivity (Wildman–Crippen MR) is 76.3 cm³/mol. The highest BCUT2D eigenvalue weighted by Gasteiger charge is 2.33. The number of methoxy groups -OCH3 is 1. The first-order valence-corrected chi connectivity index (χ1v) is 6.64. The Morgan fingerprint density at radius 1 is 1.05 bits per heavy atom. The van der Waals surface area contributed by atoms with Crippen molar-refractivity contribution in [1.82, 2.24) is 4.98 Å². The quantitative estimate of drug-likeness (QED) is 0.640. The van der Waals surface area contributed by atoms with E-state index < -0.39 is 11.9 Å². The maximum absolute atomic E-state index is 12.8. The molecule has 1 aromatic heterocycles. The van der Waals surface area contributed by atoms with Gasteiger partial charge in [0.25, 0.3) is 0 Å². The highest BCUT2D eigenvalue weighted by molar-refractivity contribution is 6.48. The van der Waals surface area contributed by atoms with Gasteiger partial charge in [0.2, 0.25) is 0 Å². The third-order valence-corrected chi connectivity index (χ3v) is 3.82. The fourth-order valence-corrected chi connectivity index (χ4v) is 2.26. The molecule has 0 atom stereocenters. The van der Waals surface area contributed by atoms with E-state index >= 15 is 0 Å². The second-order valence-corrected chi connectivity index (χ2v) is 5.19. The van der Waals surface area contributed by atoms with Gasteiger partial charge in [-0.2, -0.15) is 13.2 Å². The molecule has 0 aliphatic carbocycles. The van der Waals surface area contributed by atoms with Gasteiger partial charge in [0.05, 0.1) is 22.2 Å². The maximum Gasteiger partial charge on any atom is 0.433 e. The van der Waals surface area contributed by atoms with Crippen LogP contribution in [-0.2, 0) is 6.18 Å². The minimum atomic E-state index is -4.57. The van der Waals surface area contributed by atoms with E-state index in [2.05, 4.69) is 4.98 Å². The van der Waals surface area contributed by atoms with E-state index in [9.17, 15) is 13.2 Å². The van der Waals surface area contributed by atoms with Gasteiger partial charge < -0.3 is 4.74 Å². The molecule has 8 heteroatoms. The van der Waals surface area contributed by atoms with Crippen molar-refractivity contribution in [3.05, 3.63) is 45.0 Å². The van der Waals surface area contributed by atoms with E-state index in [0.29, 0.717) is 0 Å². The minimum Gasteiger partial charge on any atom is -0.494 e. The zero-order valence-electron chi connectivity index (χ0n) is 10.4. The van der Waals surface area contributed by atoms with E-state index in [0.717, 1.165) is 6.07 Å². The molecule has 0 spiro atoms. The summed E-state index contributed by atoms with van der Waals surface area (Å²) < 4.78 is 43.3. The molecular weight excluding hydrogens is 350 g/mol. The lowest BCUT2D eigenvalue weighted by Gasteiger charge is -2.13. The highest BCUT2D eigenvalue weighted by Crippen LogP contribution is 2.39. The van der Waals surface area contributed by atoms with Crippen LogP contribution in [0.5, 0.6) is 5.75 Å². The number of nitrogens with zero attached hydrogens (tertiary/aromatic N) is 1. The van der Waals surface area contributed by atoms with E-state index in [1.807, 2.05) is 0 Å². The maximum atomic E-state index is 12.8. The molecule has 0 bridgehead atoms. The third-order valence-electron chi connectivity index (χ3n) is 2.63. The smallest absolute Gasteiger partial charge is 0.433 e. The first-order valence-electron chi connectivity index (χ1n) is 5.51. The van der Waals surface area contributed by atoms with E-state index in [4.69, 9.17) is 39.5 Å². The Balaban J connectivity index is 2.67. The number of hydrogen-bond donors (Lipinski definition) is 0. The number of hydrogen-bond acceptors (Lipinski definition) is 2. The van der Waals surface area contributed by atoms with Gasteiger partial charge in [-0.05, 0) is 24.3 Å². The topological polar surface area (TPSA) is 22.1 Å². The minimum absolute atomic E-state index is 0.0206. The first kappa shape index (κ1) is 16.2. The zero-order valence-corrected chi connectivity index (χ0v) is 12.7. The van der Waals surface area contributed by atoms with Gasteiger partial charge in [0.15, 0.2) is 0 Å². The molecule has 2 rings (SSSR count). The first-order chi connectivity index (χ1) is 9.74. The van der Waals surface area contributed by atoms with Gasteiger partial charge in [0, 0.05) is 5.56 Å². The van der Waals surface area contributed by atoms with Gasteiger partial charge in [-0.3, -0.25) is 0 Å².